The molecule has 0 saturated heterocycles. The summed E-state index contributed by atoms with van der Waals surface area (Å²) in [6.45, 7) is 1.34. The number of phosphoric ester groups is 1. The van der Waals surface area contributed by atoms with Crippen LogP contribution in [-0.4, -0.2) is 53.4 Å². The third-order valence-corrected chi connectivity index (χ3v) is 5.43. The van der Waals surface area contributed by atoms with Crippen molar-refractivity contribution >= 4 is 13.8 Å². The van der Waals surface area contributed by atoms with Crippen molar-refractivity contribution in [2.45, 2.75) is 103 Å². The van der Waals surface area contributed by atoms with Gasteiger partial charge in [0.25, 0.3) is 0 Å². The average molecular weight is 481 g/mol. The number of aliphatic hydroxyl groups is 1. The Bertz CT molecular complexity index is 506. The first kappa shape index (κ1) is 31.2. The summed E-state index contributed by atoms with van der Waals surface area (Å²) in [6, 6.07) is 0. The van der Waals surface area contributed by atoms with Gasteiger partial charge in [-0.15, -0.1) is 0 Å². The summed E-state index contributed by atoms with van der Waals surface area (Å²) >= 11 is 0. The zero-order valence-electron chi connectivity index (χ0n) is 19.8. The van der Waals surface area contributed by atoms with E-state index in [-0.39, 0.29) is 25.8 Å². The van der Waals surface area contributed by atoms with Crippen molar-refractivity contribution < 1.29 is 38.3 Å². The first-order valence-electron chi connectivity index (χ1n) is 12.1. The maximum absolute atomic E-state index is 11.8. The molecule has 0 saturated carbocycles. The lowest BCUT2D eigenvalue weighted by Crippen LogP contribution is -2.28. The largest absolute Gasteiger partial charge is 0.469 e. The van der Waals surface area contributed by atoms with Gasteiger partial charge in [-0.25, -0.2) is 4.57 Å². The van der Waals surface area contributed by atoms with E-state index in [1.807, 2.05) is 0 Å². The second kappa shape index (κ2) is 22.1. The van der Waals surface area contributed by atoms with Crippen LogP contribution in [0.25, 0.3) is 0 Å². The number of carbonyl (C=O) groups is 1. The van der Waals surface area contributed by atoms with E-state index in [0.717, 1.165) is 32.1 Å². The molecule has 8 nitrogen and oxygen atoms in total. The Balaban J connectivity index is 3.63. The van der Waals surface area contributed by atoms with Gasteiger partial charge in [0, 0.05) is 6.42 Å². The summed E-state index contributed by atoms with van der Waals surface area (Å²) in [4.78, 5) is 29.3. The molecule has 0 aliphatic rings. The Morgan fingerprint density at radius 2 is 1.44 bits per heavy atom. The number of ether oxygens (including phenoxy) is 2. The lowest BCUT2D eigenvalue weighted by Gasteiger charge is -2.17. The highest BCUT2D eigenvalue weighted by Crippen LogP contribution is 2.35. The van der Waals surface area contributed by atoms with E-state index in [9.17, 15) is 9.36 Å². The Morgan fingerprint density at radius 3 is 2.00 bits per heavy atom. The number of allylic oxidation sites excluding steroid dienone is 2. The Labute approximate surface area is 194 Å². The molecule has 0 amide bonds. The van der Waals surface area contributed by atoms with Gasteiger partial charge >= 0.3 is 13.8 Å². The van der Waals surface area contributed by atoms with Crippen molar-refractivity contribution in [2.24, 2.45) is 0 Å². The van der Waals surface area contributed by atoms with Crippen LogP contribution >= 0.6 is 7.82 Å². The molecule has 0 aromatic heterocycles. The molecule has 0 fully saturated rings. The zero-order chi connectivity index (χ0) is 23.9. The number of aliphatic hydroxyl groups excluding tert-OH is 1. The van der Waals surface area contributed by atoms with E-state index in [0.29, 0.717) is 6.42 Å². The van der Waals surface area contributed by atoms with Crippen LogP contribution < -0.4 is 0 Å². The second-order valence-electron chi connectivity index (χ2n) is 8.02. The normalized spacial score (nSPS) is 13.0. The van der Waals surface area contributed by atoms with Gasteiger partial charge in [0.2, 0.25) is 0 Å². The predicted molar refractivity (Wildman–Crippen MR) is 125 cm³/mol. The van der Waals surface area contributed by atoms with Crippen LogP contribution in [0.15, 0.2) is 12.2 Å². The number of rotatable bonds is 23. The van der Waals surface area contributed by atoms with Crippen LogP contribution in [0.1, 0.15) is 96.8 Å². The number of esters is 1. The minimum absolute atomic E-state index is 0.0407. The van der Waals surface area contributed by atoms with Crippen molar-refractivity contribution in [1.82, 2.24) is 0 Å². The van der Waals surface area contributed by atoms with Gasteiger partial charge in [-0.05, 0) is 32.1 Å². The maximum Gasteiger partial charge on any atom is 0.469 e. The second-order valence-corrected chi connectivity index (χ2v) is 9.26. The van der Waals surface area contributed by atoms with Gasteiger partial charge in [-0.1, -0.05) is 70.4 Å². The van der Waals surface area contributed by atoms with Crippen molar-refractivity contribution in [3.63, 3.8) is 0 Å². The molecule has 0 rings (SSSR count). The van der Waals surface area contributed by atoms with Crippen molar-refractivity contribution in [3.8, 4) is 0 Å². The van der Waals surface area contributed by atoms with Crippen LogP contribution in [0, 0.1) is 0 Å². The minimum Gasteiger partial charge on any atom is -0.463 e. The van der Waals surface area contributed by atoms with Gasteiger partial charge in [0.15, 0.2) is 0 Å². The number of hydrogen-bond donors (Lipinski definition) is 3. The fraction of sp³-hybridized carbons (Fsp3) is 0.870. The van der Waals surface area contributed by atoms with E-state index in [1.54, 1.807) is 0 Å². The van der Waals surface area contributed by atoms with Crippen molar-refractivity contribution in [3.05, 3.63) is 12.2 Å². The number of carbonyl (C=O) groups excluding carboxylic acids is 1. The first-order chi connectivity index (χ1) is 15.4. The fourth-order valence-electron chi connectivity index (χ4n) is 3.14. The van der Waals surface area contributed by atoms with Gasteiger partial charge in [-0.3, -0.25) is 9.32 Å². The van der Waals surface area contributed by atoms with Gasteiger partial charge in [0.05, 0.1) is 19.8 Å². The van der Waals surface area contributed by atoms with Crippen LogP contribution in [-0.2, 0) is 23.4 Å². The lowest BCUT2D eigenvalue weighted by molar-refractivity contribution is -0.149. The molecule has 0 bridgehead atoms. The molecule has 9 heteroatoms. The molecule has 0 heterocycles. The van der Waals surface area contributed by atoms with E-state index >= 15 is 0 Å². The lowest BCUT2D eigenvalue weighted by atomic mass is 10.1. The SMILES string of the molecule is CCCCCCCCC=CCCCCCCCC(=O)OC[C@H](COP(=O)(O)O)OCCO. The molecule has 0 aliphatic heterocycles. The number of phosphoric acid groups is 1. The molecular formula is C23H45O8P. The predicted octanol–water partition coefficient (Wildman–Crippen LogP) is 5.05. The maximum atomic E-state index is 11.8. The van der Waals surface area contributed by atoms with E-state index in [4.69, 9.17) is 24.4 Å². The fourth-order valence-corrected chi connectivity index (χ4v) is 3.50. The molecule has 0 unspecified atom stereocenters. The highest BCUT2D eigenvalue weighted by molar-refractivity contribution is 7.46. The summed E-state index contributed by atoms with van der Waals surface area (Å²) in [6.07, 6.45) is 19.5. The number of hydrogen-bond acceptors (Lipinski definition) is 6. The smallest absolute Gasteiger partial charge is 0.463 e. The third-order valence-electron chi connectivity index (χ3n) is 4.95. The third kappa shape index (κ3) is 23.9. The van der Waals surface area contributed by atoms with Crippen molar-refractivity contribution in [1.29, 1.82) is 0 Å². The monoisotopic (exact) mass is 480 g/mol. The Morgan fingerprint density at radius 1 is 0.875 bits per heavy atom. The van der Waals surface area contributed by atoms with Crippen LogP contribution in [0.2, 0.25) is 0 Å². The summed E-state index contributed by atoms with van der Waals surface area (Å²) in [5.41, 5.74) is 0. The highest BCUT2D eigenvalue weighted by Gasteiger charge is 2.20. The molecule has 0 radical (unpaired) electrons. The van der Waals surface area contributed by atoms with E-state index in [2.05, 4.69) is 23.6 Å². The van der Waals surface area contributed by atoms with Crippen molar-refractivity contribution in [2.75, 3.05) is 26.4 Å². The molecular weight excluding hydrogens is 435 g/mol. The molecule has 0 aliphatic carbocycles. The molecule has 0 aromatic rings. The molecule has 190 valence electrons. The first-order valence-corrected chi connectivity index (χ1v) is 13.6. The molecule has 0 aromatic carbocycles. The quantitative estimate of drug-likeness (QED) is 0.0803. The van der Waals surface area contributed by atoms with E-state index < -0.39 is 20.5 Å². The Hall–Kier alpha value is -0.760. The van der Waals surface area contributed by atoms with Crippen LogP contribution in [0.5, 0.6) is 0 Å². The molecule has 32 heavy (non-hydrogen) atoms. The van der Waals surface area contributed by atoms with Crippen LogP contribution in [0.3, 0.4) is 0 Å². The standard InChI is InChI=1S/C23H45O8P/c1-2-3-4-5-6-7-8-9-10-11-12-13-14-15-16-17-23(25)30-20-22(29-19-18-24)21-31-32(26,27)28/h9-10,22,24H,2-8,11-21H2,1H3,(H2,26,27,28)/t22-/m1/s1. The average Bonchev–Trinajstić information content (AvgIpc) is 2.75. The van der Waals surface area contributed by atoms with Gasteiger partial charge in [-0.2, -0.15) is 0 Å². The summed E-state index contributed by atoms with van der Waals surface area (Å²) in [7, 11) is -4.63. The zero-order valence-corrected chi connectivity index (χ0v) is 20.7. The summed E-state index contributed by atoms with van der Waals surface area (Å²) < 4.78 is 25.4. The number of unbranched alkanes of at least 4 members (excludes halogenated alkanes) is 11. The van der Waals surface area contributed by atoms with E-state index in [1.165, 1.54) is 51.4 Å². The van der Waals surface area contributed by atoms with Gasteiger partial charge < -0.3 is 24.4 Å². The highest BCUT2D eigenvalue weighted by atomic mass is 31.2. The van der Waals surface area contributed by atoms with Gasteiger partial charge in [0.1, 0.15) is 12.7 Å². The molecule has 0 spiro atoms. The summed E-state index contributed by atoms with van der Waals surface area (Å²) in [5, 5.41) is 8.79. The van der Waals surface area contributed by atoms with Crippen LogP contribution in [0.4, 0.5) is 0 Å². The topological polar surface area (TPSA) is 123 Å². The minimum atomic E-state index is -4.63. The summed E-state index contributed by atoms with van der Waals surface area (Å²) in [5.74, 6) is -0.378. The molecule has 3 N–H and O–H groups in total. The Kier molecular flexibility index (Phi) is 21.5. The molecule has 1 atom stereocenters.